The third-order valence-corrected chi connectivity index (χ3v) is 2.62. The molecule has 0 amide bonds. The van der Waals surface area contributed by atoms with Crippen LogP contribution in [0.15, 0.2) is 0 Å². The van der Waals surface area contributed by atoms with Gasteiger partial charge in [-0.05, 0) is 32.9 Å². The van der Waals surface area contributed by atoms with Crippen molar-refractivity contribution in [3.8, 4) is 0 Å². The minimum atomic E-state index is -0.693. The predicted octanol–water partition coefficient (Wildman–Crippen LogP) is 2.36. The van der Waals surface area contributed by atoms with Crippen molar-refractivity contribution in [3.63, 3.8) is 0 Å². The molecule has 0 heterocycles. The van der Waals surface area contributed by atoms with Crippen LogP contribution in [0.3, 0.4) is 0 Å². The number of hydrogen-bond acceptors (Lipinski definition) is 2. The molecule has 1 N–H and O–H groups in total. The first-order valence-electron chi connectivity index (χ1n) is 5.53. The molecule has 0 rings (SSSR count). The SMILES string of the molecule is CCCC(CC)N(C)CCCC(=O)O. The van der Waals surface area contributed by atoms with E-state index in [2.05, 4.69) is 25.8 Å². The molecule has 0 spiro atoms. The highest BCUT2D eigenvalue weighted by molar-refractivity contribution is 5.66. The second-order valence-corrected chi connectivity index (χ2v) is 3.83. The standard InChI is InChI=1S/C11H23NO2/c1-4-7-10(5-2)12(3)9-6-8-11(13)14/h10H,4-9H2,1-3H3,(H,13,14). The summed E-state index contributed by atoms with van der Waals surface area (Å²) in [6.45, 7) is 5.27. The fourth-order valence-electron chi connectivity index (χ4n) is 1.73. The Bertz CT molecular complexity index is 159. The van der Waals surface area contributed by atoms with E-state index < -0.39 is 5.97 Å². The Labute approximate surface area is 87.1 Å². The van der Waals surface area contributed by atoms with Gasteiger partial charge in [-0.25, -0.2) is 0 Å². The van der Waals surface area contributed by atoms with Gasteiger partial charge in [0.25, 0.3) is 0 Å². The maximum atomic E-state index is 10.3. The molecule has 0 aliphatic carbocycles. The van der Waals surface area contributed by atoms with Crippen molar-refractivity contribution in [3.05, 3.63) is 0 Å². The summed E-state index contributed by atoms with van der Waals surface area (Å²) in [5.41, 5.74) is 0. The van der Waals surface area contributed by atoms with Crippen LogP contribution in [-0.4, -0.2) is 35.6 Å². The molecule has 1 unspecified atom stereocenters. The van der Waals surface area contributed by atoms with Gasteiger partial charge in [-0.1, -0.05) is 20.3 Å². The fourth-order valence-corrected chi connectivity index (χ4v) is 1.73. The molecule has 0 aromatic carbocycles. The molecule has 0 saturated carbocycles. The van der Waals surface area contributed by atoms with Gasteiger partial charge in [0.05, 0.1) is 0 Å². The first-order chi connectivity index (χ1) is 6.61. The average molecular weight is 201 g/mol. The number of rotatable bonds is 8. The summed E-state index contributed by atoms with van der Waals surface area (Å²) >= 11 is 0. The fraction of sp³-hybridized carbons (Fsp3) is 0.909. The van der Waals surface area contributed by atoms with Gasteiger partial charge in [0.2, 0.25) is 0 Å². The lowest BCUT2D eigenvalue weighted by Gasteiger charge is -2.26. The summed E-state index contributed by atoms with van der Waals surface area (Å²) in [6, 6.07) is 0.619. The zero-order valence-corrected chi connectivity index (χ0v) is 9.62. The van der Waals surface area contributed by atoms with E-state index in [1.807, 2.05) is 0 Å². The van der Waals surface area contributed by atoms with E-state index in [9.17, 15) is 4.79 Å². The predicted molar refractivity (Wildman–Crippen MR) is 58.5 cm³/mol. The highest BCUT2D eigenvalue weighted by atomic mass is 16.4. The van der Waals surface area contributed by atoms with Gasteiger partial charge in [0.15, 0.2) is 0 Å². The minimum absolute atomic E-state index is 0.285. The van der Waals surface area contributed by atoms with Gasteiger partial charge in [0, 0.05) is 12.5 Å². The molecule has 0 fully saturated rings. The third-order valence-electron chi connectivity index (χ3n) is 2.62. The Morgan fingerprint density at radius 1 is 1.43 bits per heavy atom. The molecule has 0 aromatic heterocycles. The van der Waals surface area contributed by atoms with Gasteiger partial charge >= 0.3 is 5.97 Å². The maximum absolute atomic E-state index is 10.3. The minimum Gasteiger partial charge on any atom is -0.481 e. The second kappa shape index (κ2) is 7.80. The molecule has 3 nitrogen and oxygen atoms in total. The van der Waals surface area contributed by atoms with Crippen LogP contribution in [0.2, 0.25) is 0 Å². The summed E-state index contributed by atoms with van der Waals surface area (Å²) in [5, 5.41) is 8.51. The molecular weight excluding hydrogens is 178 g/mol. The van der Waals surface area contributed by atoms with Crippen LogP contribution in [0.25, 0.3) is 0 Å². The summed E-state index contributed by atoms with van der Waals surface area (Å²) in [4.78, 5) is 12.6. The highest BCUT2D eigenvalue weighted by Gasteiger charge is 2.11. The molecular formula is C11H23NO2. The quantitative estimate of drug-likeness (QED) is 0.655. The Balaban J connectivity index is 3.68. The van der Waals surface area contributed by atoms with Crippen molar-refractivity contribution < 1.29 is 9.90 Å². The molecule has 0 saturated heterocycles. The van der Waals surface area contributed by atoms with Crippen LogP contribution in [0, 0.1) is 0 Å². The topological polar surface area (TPSA) is 40.5 Å². The monoisotopic (exact) mass is 201 g/mol. The maximum Gasteiger partial charge on any atom is 0.303 e. The molecule has 0 radical (unpaired) electrons. The number of carbonyl (C=O) groups is 1. The summed E-state index contributed by atoms with van der Waals surface area (Å²) < 4.78 is 0. The van der Waals surface area contributed by atoms with Crippen LogP contribution in [0.5, 0.6) is 0 Å². The first kappa shape index (κ1) is 13.4. The van der Waals surface area contributed by atoms with Crippen molar-refractivity contribution in [2.75, 3.05) is 13.6 Å². The van der Waals surface area contributed by atoms with Crippen LogP contribution in [0.4, 0.5) is 0 Å². The zero-order chi connectivity index (χ0) is 11.0. The molecule has 84 valence electrons. The van der Waals surface area contributed by atoms with Crippen molar-refractivity contribution in [2.24, 2.45) is 0 Å². The molecule has 3 heteroatoms. The number of hydrogen-bond donors (Lipinski definition) is 1. The second-order valence-electron chi connectivity index (χ2n) is 3.83. The molecule has 1 atom stereocenters. The van der Waals surface area contributed by atoms with Gasteiger partial charge in [0.1, 0.15) is 0 Å². The normalized spacial score (nSPS) is 13.1. The van der Waals surface area contributed by atoms with E-state index in [0.717, 1.165) is 19.4 Å². The van der Waals surface area contributed by atoms with Crippen LogP contribution in [0.1, 0.15) is 46.0 Å². The van der Waals surface area contributed by atoms with Crippen LogP contribution < -0.4 is 0 Å². The number of carboxylic acids is 1. The summed E-state index contributed by atoms with van der Waals surface area (Å²) in [7, 11) is 2.09. The lowest BCUT2D eigenvalue weighted by molar-refractivity contribution is -0.137. The van der Waals surface area contributed by atoms with Crippen molar-refractivity contribution in [1.82, 2.24) is 4.90 Å². The van der Waals surface area contributed by atoms with Crippen LogP contribution in [-0.2, 0) is 4.79 Å². The molecule has 0 aromatic rings. The lowest BCUT2D eigenvalue weighted by atomic mass is 10.1. The molecule has 14 heavy (non-hydrogen) atoms. The first-order valence-corrected chi connectivity index (χ1v) is 5.53. The van der Waals surface area contributed by atoms with E-state index in [1.54, 1.807) is 0 Å². The Hall–Kier alpha value is -0.570. The van der Waals surface area contributed by atoms with E-state index in [1.165, 1.54) is 12.8 Å². The van der Waals surface area contributed by atoms with E-state index >= 15 is 0 Å². The van der Waals surface area contributed by atoms with E-state index in [-0.39, 0.29) is 6.42 Å². The van der Waals surface area contributed by atoms with E-state index in [0.29, 0.717) is 6.04 Å². The largest absolute Gasteiger partial charge is 0.481 e. The van der Waals surface area contributed by atoms with Crippen molar-refractivity contribution in [1.29, 1.82) is 0 Å². The van der Waals surface area contributed by atoms with Gasteiger partial charge < -0.3 is 10.0 Å². The van der Waals surface area contributed by atoms with Gasteiger partial charge in [-0.2, -0.15) is 0 Å². The van der Waals surface area contributed by atoms with Crippen molar-refractivity contribution >= 4 is 5.97 Å². The third kappa shape index (κ3) is 5.97. The lowest BCUT2D eigenvalue weighted by Crippen LogP contribution is -2.32. The molecule has 0 aliphatic rings. The summed E-state index contributed by atoms with van der Waals surface area (Å²) in [5.74, 6) is -0.693. The summed E-state index contributed by atoms with van der Waals surface area (Å²) in [6.07, 6.45) is 4.60. The average Bonchev–Trinajstić information content (AvgIpc) is 2.13. The Morgan fingerprint density at radius 2 is 2.07 bits per heavy atom. The zero-order valence-electron chi connectivity index (χ0n) is 9.62. The number of nitrogens with zero attached hydrogens (tertiary/aromatic N) is 1. The number of carboxylic acid groups (broad SMARTS) is 1. The Morgan fingerprint density at radius 3 is 2.50 bits per heavy atom. The van der Waals surface area contributed by atoms with Crippen LogP contribution >= 0.6 is 0 Å². The molecule has 0 aliphatic heterocycles. The van der Waals surface area contributed by atoms with Gasteiger partial charge in [-0.15, -0.1) is 0 Å². The van der Waals surface area contributed by atoms with Crippen molar-refractivity contribution in [2.45, 2.75) is 52.0 Å². The Kier molecular flexibility index (Phi) is 7.48. The van der Waals surface area contributed by atoms with Gasteiger partial charge in [-0.3, -0.25) is 4.79 Å². The smallest absolute Gasteiger partial charge is 0.303 e. The molecule has 0 bridgehead atoms. The highest BCUT2D eigenvalue weighted by Crippen LogP contribution is 2.09. The van der Waals surface area contributed by atoms with E-state index in [4.69, 9.17) is 5.11 Å². The number of aliphatic carboxylic acids is 1.